The van der Waals surface area contributed by atoms with Crippen LogP contribution < -0.4 is 5.32 Å². The van der Waals surface area contributed by atoms with Crippen molar-refractivity contribution in [1.82, 2.24) is 5.32 Å². The lowest BCUT2D eigenvalue weighted by Crippen LogP contribution is -2.08. The van der Waals surface area contributed by atoms with Crippen LogP contribution in [0.4, 0.5) is 0 Å². The Hall–Kier alpha value is -0.630. The molecule has 0 amide bonds. The van der Waals surface area contributed by atoms with E-state index < -0.39 is 0 Å². The molecule has 0 aromatic rings. The van der Waals surface area contributed by atoms with Crippen molar-refractivity contribution >= 4 is 5.78 Å². The van der Waals surface area contributed by atoms with Crippen molar-refractivity contribution < 1.29 is 4.79 Å². The third kappa shape index (κ3) is 5.24. The maximum Gasteiger partial charge on any atom is 0.155 e. The maximum absolute atomic E-state index is 10.5. The van der Waals surface area contributed by atoms with Gasteiger partial charge in [-0.2, -0.15) is 0 Å². The van der Waals surface area contributed by atoms with Crippen molar-refractivity contribution in [3.8, 4) is 0 Å². The summed E-state index contributed by atoms with van der Waals surface area (Å²) in [4.78, 5) is 10.5. The summed E-state index contributed by atoms with van der Waals surface area (Å²) in [5, 5.41) is 2.96. The molecule has 0 unspecified atom stereocenters. The second-order valence-electron chi connectivity index (χ2n) is 1.88. The lowest BCUT2D eigenvalue weighted by molar-refractivity contribution is -0.114. The van der Waals surface area contributed by atoms with Gasteiger partial charge >= 0.3 is 0 Å². The highest BCUT2D eigenvalue weighted by atomic mass is 16.1. The van der Waals surface area contributed by atoms with Crippen molar-refractivity contribution in [1.29, 1.82) is 0 Å². The quantitative estimate of drug-likeness (QED) is 0.436. The molecule has 0 heterocycles. The predicted octanol–water partition coefficient (Wildman–Crippen LogP) is 0.741. The average Bonchev–Trinajstić information content (AvgIpc) is 1.89. The van der Waals surface area contributed by atoms with Gasteiger partial charge in [-0.25, -0.2) is 0 Å². The highest BCUT2D eigenvalue weighted by molar-refractivity contribution is 5.88. The fourth-order valence-corrected chi connectivity index (χ4v) is 0.541. The third-order valence-corrected chi connectivity index (χ3v) is 1.08. The Morgan fingerprint density at radius 1 is 1.78 bits per heavy atom. The van der Waals surface area contributed by atoms with Gasteiger partial charge in [0, 0.05) is 6.42 Å². The minimum absolute atomic E-state index is 0.130. The van der Waals surface area contributed by atoms with E-state index >= 15 is 0 Å². The summed E-state index contributed by atoms with van der Waals surface area (Å²) in [5.41, 5.74) is 0. The van der Waals surface area contributed by atoms with E-state index in [1.165, 1.54) is 6.08 Å². The number of allylic oxidation sites excluding steroid dienone is 1. The molecule has 0 aromatic carbocycles. The first-order valence-corrected chi connectivity index (χ1v) is 3.11. The lowest BCUT2D eigenvalue weighted by atomic mass is 10.2. The molecule has 0 rings (SSSR count). The molecule has 52 valence electrons. The zero-order valence-corrected chi connectivity index (χ0v) is 5.81. The van der Waals surface area contributed by atoms with E-state index in [0.29, 0.717) is 6.42 Å². The van der Waals surface area contributed by atoms with Gasteiger partial charge in [0.2, 0.25) is 0 Å². The van der Waals surface area contributed by atoms with E-state index in [1.54, 1.807) is 0 Å². The Morgan fingerprint density at radius 3 is 2.89 bits per heavy atom. The Balaban J connectivity index is 3.07. The van der Waals surface area contributed by atoms with Crippen LogP contribution in [0.2, 0.25) is 0 Å². The Labute approximate surface area is 56.0 Å². The Kier molecular flexibility index (Phi) is 5.12. The monoisotopic (exact) mass is 127 g/mol. The molecule has 1 N–H and O–H groups in total. The minimum atomic E-state index is 0.130. The summed E-state index contributed by atoms with van der Waals surface area (Å²) in [5.74, 6) is 0.130. The maximum atomic E-state index is 10.5. The number of hydrogen-bond acceptors (Lipinski definition) is 2. The Bertz CT molecular complexity index is 99.1. The minimum Gasteiger partial charge on any atom is -0.320 e. The first-order valence-electron chi connectivity index (χ1n) is 3.11. The van der Waals surface area contributed by atoms with Crippen molar-refractivity contribution in [3.63, 3.8) is 0 Å². The van der Waals surface area contributed by atoms with E-state index in [2.05, 4.69) is 11.9 Å². The summed E-state index contributed by atoms with van der Waals surface area (Å²) in [7, 11) is 1.87. The molecule has 0 fully saturated rings. The van der Waals surface area contributed by atoms with E-state index in [9.17, 15) is 4.79 Å². The van der Waals surface area contributed by atoms with Crippen LogP contribution in [0, 0.1) is 0 Å². The first kappa shape index (κ1) is 8.37. The topological polar surface area (TPSA) is 29.1 Å². The molecule has 2 nitrogen and oxygen atoms in total. The fourth-order valence-electron chi connectivity index (χ4n) is 0.541. The van der Waals surface area contributed by atoms with Crippen molar-refractivity contribution in [2.75, 3.05) is 13.6 Å². The molecule has 0 aliphatic heterocycles. The SMILES string of the molecule is C=CC(=O)CCCNC. The van der Waals surface area contributed by atoms with Gasteiger partial charge in [0.15, 0.2) is 5.78 Å². The van der Waals surface area contributed by atoms with E-state index in [4.69, 9.17) is 0 Å². The molecule has 0 radical (unpaired) electrons. The summed E-state index contributed by atoms with van der Waals surface area (Å²) in [6.07, 6.45) is 2.89. The highest BCUT2D eigenvalue weighted by Crippen LogP contribution is 1.88. The smallest absolute Gasteiger partial charge is 0.155 e. The van der Waals surface area contributed by atoms with Crippen molar-refractivity contribution in [2.45, 2.75) is 12.8 Å². The van der Waals surface area contributed by atoms with Gasteiger partial charge in [-0.1, -0.05) is 6.58 Å². The van der Waals surface area contributed by atoms with Crippen LogP contribution in [0.1, 0.15) is 12.8 Å². The first-order chi connectivity index (χ1) is 4.31. The van der Waals surface area contributed by atoms with Gasteiger partial charge in [0.05, 0.1) is 0 Å². The summed E-state index contributed by atoms with van der Waals surface area (Å²) >= 11 is 0. The lowest BCUT2D eigenvalue weighted by Gasteiger charge is -1.93. The van der Waals surface area contributed by atoms with Crippen LogP contribution in [-0.4, -0.2) is 19.4 Å². The largest absolute Gasteiger partial charge is 0.320 e. The van der Waals surface area contributed by atoms with Gasteiger partial charge < -0.3 is 5.32 Å². The highest BCUT2D eigenvalue weighted by Gasteiger charge is 1.92. The normalized spacial score (nSPS) is 9.00. The van der Waals surface area contributed by atoms with Crippen LogP contribution in [0.25, 0.3) is 0 Å². The van der Waals surface area contributed by atoms with Crippen molar-refractivity contribution in [2.24, 2.45) is 0 Å². The summed E-state index contributed by atoms with van der Waals surface area (Å²) in [6.45, 7) is 4.27. The molecule has 0 saturated carbocycles. The third-order valence-electron chi connectivity index (χ3n) is 1.08. The molecule has 0 aromatic heterocycles. The van der Waals surface area contributed by atoms with Crippen LogP contribution in [0.5, 0.6) is 0 Å². The fraction of sp³-hybridized carbons (Fsp3) is 0.571. The van der Waals surface area contributed by atoms with Crippen LogP contribution >= 0.6 is 0 Å². The van der Waals surface area contributed by atoms with Crippen LogP contribution in [0.3, 0.4) is 0 Å². The van der Waals surface area contributed by atoms with E-state index in [0.717, 1.165) is 13.0 Å². The standard InChI is InChI=1S/C7H13NO/c1-3-7(9)5-4-6-8-2/h3,8H,1,4-6H2,2H3. The molecule has 0 aliphatic rings. The second-order valence-corrected chi connectivity index (χ2v) is 1.88. The van der Waals surface area contributed by atoms with Gasteiger partial charge in [0.1, 0.15) is 0 Å². The molecule has 0 aliphatic carbocycles. The molecule has 0 saturated heterocycles. The Morgan fingerprint density at radius 2 is 2.44 bits per heavy atom. The molecule has 2 heteroatoms. The van der Waals surface area contributed by atoms with Crippen molar-refractivity contribution in [3.05, 3.63) is 12.7 Å². The van der Waals surface area contributed by atoms with E-state index in [-0.39, 0.29) is 5.78 Å². The zero-order chi connectivity index (χ0) is 7.11. The number of rotatable bonds is 5. The number of carbonyl (C=O) groups excluding carboxylic acids is 1. The average molecular weight is 127 g/mol. The van der Waals surface area contributed by atoms with Gasteiger partial charge in [-0.3, -0.25) is 4.79 Å². The molecule has 0 spiro atoms. The molecular formula is C7H13NO. The van der Waals surface area contributed by atoms with Gasteiger partial charge in [-0.15, -0.1) is 0 Å². The summed E-state index contributed by atoms with van der Waals surface area (Å²) < 4.78 is 0. The van der Waals surface area contributed by atoms with Crippen LogP contribution in [0.15, 0.2) is 12.7 Å². The number of nitrogens with one attached hydrogen (secondary N) is 1. The number of hydrogen-bond donors (Lipinski definition) is 1. The molecule has 0 bridgehead atoms. The number of ketones is 1. The predicted molar refractivity (Wildman–Crippen MR) is 38.4 cm³/mol. The summed E-state index contributed by atoms with van der Waals surface area (Å²) in [6, 6.07) is 0. The van der Waals surface area contributed by atoms with Gasteiger partial charge in [0.25, 0.3) is 0 Å². The van der Waals surface area contributed by atoms with Gasteiger partial charge in [-0.05, 0) is 26.1 Å². The molecular weight excluding hydrogens is 114 g/mol. The van der Waals surface area contributed by atoms with E-state index in [1.807, 2.05) is 7.05 Å². The molecule has 0 atom stereocenters. The second kappa shape index (κ2) is 5.51. The van der Waals surface area contributed by atoms with Crippen LogP contribution in [-0.2, 0) is 4.79 Å². The molecule has 9 heavy (non-hydrogen) atoms. The zero-order valence-electron chi connectivity index (χ0n) is 5.81. The number of carbonyl (C=O) groups is 1.